The summed E-state index contributed by atoms with van der Waals surface area (Å²) >= 11 is 3.54. The van der Waals surface area contributed by atoms with Crippen molar-refractivity contribution in [1.82, 2.24) is 0 Å². The highest BCUT2D eigenvalue weighted by molar-refractivity contribution is 9.10. The van der Waals surface area contributed by atoms with Gasteiger partial charge in [0.25, 0.3) is 0 Å². The summed E-state index contributed by atoms with van der Waals surface area (Å²) in [6.07, 6.45) is 3.61. The molecule has 1 aromatic rings. The lowest BCUT2D eigenvalue weighted by molar-refractivity contribution is -0.116. The first-order valence-corrected chi connectivity index (χ1v) is 8.43. The Kier molecular flexibility index (Phi) is 5.20. The maximum absolute atomic E-state index is 12.7. The fourth-order valence-electron chi connectivity index (χ4n) is 3.00. The zero-order valence-electron chi connectivity index (χ0n) is 12.9. The summed E-state index contributed by atoms with van der Waals surface area (Å²) < 4.78 is 0.851. The molecule has 0 atom stereocenters. The molecule has 0 saturated heterocycles. The van der Waals surface area contributed by atoms with Crippen LogP contribution in [0.15, 0.2) is 16.6 Å². The number of ketones is 1. The SMILES string of the molecule is CCC(CC)C(=O)c1cc2c(cc1Br)CCCN2C(C)=O. The van der Waals surface area contributed by atoms with Gasteiger partial charge in [-0.1, -0.05) is 29.8 Å². The minimum absolute atomic E-state index is 0.0409. The molecular formula is C17H22BrNO2. The predicted octanol–water partition coefficient (Wildman–Crippen LogP) is 4.37. The van der Waals surface area contributed by atoms with E-state index in [1.807, 2.05) is 26.0 Å². The first-order chi connectivity index (χ1) is 9.99. The molecule has 0 radical (unpaired) electrons. The van der Waals surface area contributed by atoms with Gasteiger partial charge in [0.15, 0.2) is 5.78 Å². The number of carbonyl (C=O) groups excluding carboxylic acids is 2. The summed E-state index contributed by atoms with van der Waals surface area (Å²) in [5, 5.41) is 0. The molecule has 0 bridgehead atoms. The molecule has 0 N–H and O–H groups in total. The Balaban J connectivity index is 2.47. The Labute approximate surface area is 134 Å². The average Bonchev–Trinajstić information content (AvgIpc) is 2.46. The van der Waals surface area contributed by atoms with Crippen molar-refractivity contribution < 1.29 is 9.59 Å². The van der Waals surface area contributed by atoms with E-state index >= 15 is 0 Å². The molecule has 3 nitrogen and oxygen atoms in total. The van der Waals surface area contributed by atoms with Crippen LogP contribution < -0.4 is 4.90 Å². The van der Waals surface area contributed by atoms with Gasteiger partial charge in [-0.15, -0.1) is 0 Å². The number of halogens is 1. The third-order valence-electron chi connectivity index (χ3n) is 4.29. The summed E-state index contributed by atoms with van der Waals surface area (Å²) in [5.41, 5.74) is 2.76. The van der Waals surface area contributed by atoms with Crippen LogP contribution >= 0.6 is 15.9 Å². The number of aryl methyl sites for hydroxylation is 1. The molecule has 1 heterocycles. The van der Waals surface area contributed by atoms with Gasteiger partial charge in [-0.25, -0.2) is 0 Å². The van der Waals surface area contributed by atoms with E-state index in [9.17, 15) is 9.59 Å². The summed E-state index contributed by atoms with van der Waals surface area (Å²) in [7, 11) is 0. The molecule has 0 aromatic heterocycles. The molecule has 21 heavy (non-hydrogen) atoms. The molecule has 114 valence electrons. The van der Waals surface area contributed by atoms with E-state index in [1.54, 1.807) is 11.8 Å². The van der Waals surface area contributed by atoms with Crippen molar-refractivity contribution in [2.45, 2.75) is 46.5 Å². The minimum Gasteiger partial charge on any atom is -0.312 e. The van der Waals surface area contributed by atoms with Crippen LogP contribution in [0.1, 0.15) is 56.0 Å². The topological polar surface area (TPSA) is 37.4 Å². The number of fused-ring (bicyclic) bond motifs is 1. The number of hydrogen-bond donors (Lipinski definition) is 0. The number of Topliss-reactive ketones (excluding diaryl/α,β-unsaturated/α-hetero) is 1. The Morgan fingerprint density at radius 1 is 1.29 bits per heavy atom. The number of hydrogen-bond acceptors (Lipinski definition) is 2. The van der Waals surface area contributed by atoms with Gasteiger partial charge in [0.1, 0.15) is 0 Å². The van der Waals surface area contributed by atoms with Crippen LogP contribution in [-0.4, -0.2) is 18.2 Å². The predicted molar refractivity (Wildman–Crippen MR) is 88.9 cm³/mol. The maximum atomic E-state index is 12.7. The van der Waals surface area contributed by atoms with Crippen molar-refractivity contribution in [2.24, 2.45) is 5.92 Å². The van der Waals surface area contributed by atoms with Gasteiger partial charge in [0.2, 0.25) is 5.91 Å². The van der Waals surface area contributed by atoms with E-state index in [0.717, 1.165) is 48.0 Å². The fourth-order valence-corrected chi connectivity index (χ4v) is 3.58. The number of rotatable bonds is 4. The van der Waals surface area contributed by atoms with E-state index in [2.05, 4.69) is 15.9 Å². The third kappa shape index (κ3) is 3.20. The highest BCUT2D eigenvalue weighted by Crippen LogP contribution is 2.34. The van der Waals surface area contributed by atoms with Crippen molar-refractivity contribution in [2.75, 3.05) is 11.4 Å². The molecular weight excluding hydrogens is 330 g/mol. The van der Waals surface area contributed by atoms with Crippen molar-refractivity contribution >= 4 is 33.3 Å². The lowest BCUT2D eigenvalue weighted by atomic mass is 9.90. The van der Waals surface area contributed by atoms with Crippen molar-refractivity contribution in [3.05, 3.63) is 27.7 Å². The molecule has 0 unspecified atom stereocenters. The van der Waals surface area contributed by atoms with Crippen LogP contribution in [0.5, 0.6) is 0 Å². The number of nitrogens with zero attached hydrogens (tertiary/aromatic N) is 1. The van der Waals surface area contributed by atoms with Crippen LogP contribution in [0.4, 0.5) is 5.69 Å². The minimum atomic E-state index is 0.0409. The zero-order chi connectivity index (χ0) is 15.6. The first kappa shape index (κ1) is 16.2. The van der Waals surface area contributed by atoms with E-state index in [4.69, 9.17) is 0 Å². The number of benzene rings is 1. The van der Waals surface area contributed by atoms with Crippen molar-refractivity contribution in [1.29, 1.82) is 0 Å². The van der Waals surface area contributed by atoms with Crippen LogP contribution in [0.2, 0.25) is 0 Å². The van der Waals surface area contributed by atoms with Gasteiger partial charge in [-0.2, -0.15) is 0 Å². The summed E-state index contributed by atoms with van der Waals surface area (Å²) in [6.45, 7) is 6.41. The molecule has 4 heteroatoms. The molecule has 1 aliphatic heterocycles. The largest absolute Gasteiger partial charge is 0.312 e. The van der Waals surface area contributed by atoms with E-state index < -0.39 is 0 Å². The molecule has 0 aliphatic carbocycles. The Morgan fingerprint density at radius 2 is 1.95 bits per heavy atom. The highest BCUT2D eigenvalue weighted by Gasteiger charge is 2.25. The lowest BCUT2D eigenvalue weighted by Gasteiger charge is -2.29. The van der Waals surface area contributed by atoms with Crippen LogP contribution in [-0.2, 0) is 11.2 Å². The summed E-state index contributed by atoms with van der Waals surface area (Å²) in [4.78, 5) is 26.2. The lowest BCUT2D eigenvalue weighted by Crippen LogP contribution is -2.33. The molecule has 2 rings (SSSR count). The van der Waals surface area contributed by atoms with Crippen LogP contribution in [0, 0.1) is 5.92 Å². The van der Waals surface area contributed by atoms with Gasteiger partial charge in [0.05, 0.1) is 0 Å². The Morgan fingerprint density at radius 3 is 2.52 bits per heavy atom. The normalized spacial score (nSPS) is 14.2. The van der Waals surface area contributed by atoms with Crippen molar-refractivity contribution in [3.8, 4) is 0 Å². The highest BCUT2D eigenvalue weighted by atomic mass is 79.9. The monoisotopic (exact) mass is 351 g/mol. The van der Waals surface area contributed by atoms with Crippen LogP contribution in [0.25, 0.3) is 0 Å². The molecule has 1 aliphatic rings. The molecule has 0 fully saturated rings. The second-order valence-corrected chi connectivity index (χ2v) is 6.47. The van der Waals surface area contributed by atoms with Gasteiger partial charge >= 0.3 is 0 Å². The number of amides is 1. The van der Waals surface area contributed by atoms with Crippen LogP contribution in [0.3, 0.4) is 0 Å². The third-order valence-corrected chi connectivity index (χ3v) is 4.94. The molecule has 1 aromatic carbocycles. The standard InChI is InChI=1S/C17H22BrNO2/c1-4-12(5-2)17(21)14-10-16-13(9-15(14)18)7-6-8-19(16)11(3)20/h9-10,12H,4-8H2,1-3H3. The molecule has 0 spiro atoms. The van der Waals surface area contributed by atoms with Gasteiger partial charge in [0, 0.05) is 35.1 Å². The molecule has 1 amide bonds. The fraction of sp³-hybridized carbons (Fsp3) is 0.529. The second-order valence-electron chi connectivity index (χ2n) is 5.61. The quantitative estimate of drug-likeness (QED) is 0.755. The summed E-state index contributed by atoms with van der Waals surface area (Å²) in [6, 6.07) is 3.92. The van der Waals surface area contributed by atoms with Gasteiger partial charge in [-0.3, -0.25) is 9.59 Å². The first-order valence-electron chi connectivity index (χ1n) is 7.64. The van der Waals surface area contributed by atoms with E-state index in [0.29, 0.717) is 5.56 Å². The second kappa shape index (κ2) is 6.73. The number of anilines is 1. The smallest absolute Gasteiger partial charge is 0.223 e. The van der Waals surface area contributed by atoms with Gasteiger partial charge in [-0.05, 0) is 43.4 Å². The number of carbonyl (C=O) groups is 2. The zero-order valence-corrected chi connectivity index (χ0v) is 14.5. The Bertz CT molecular complexity index is 564. The van der Waals surface area contributed by atoms with Gasteiger partial charge < -0.3 is 4.90 Å². The van der Waals surface area contributed by atoms with Crippen molar-refractivity contribution in [3.63, 3.8) is 0 Å². The Hall–Kier alpha value is -1.16. The molecule has 0 saturated carbocycles. The summed E-state index contributed by atoms with van der Waals surface area (Å²) in [5.74, 6) is 0.261. The maximum Gasteiger partial charge on any atom is 0.223 e. The van der Waals surface area contributed by atoms with E-state index in [1.165, 1.54) is 0 Å². The van der Waals surface area contributed by atoms with E-state index in [-0.39, 0.29) is 17.6 Å². The average molecular weight is 352 g/mol.